The van der Waals surface area contributed by atoms with Gasteiger partial charge in [-0.05, 0) is 40.3 Å². The van der Waals surface area contributed by atoms with Gasteiger partial charge in [0.25, 0.3) is 0 Å². The molecule has 5 heteroatoms. The van der Waals surface area contributed by atoms with Gasteiger partial charge in [0.1, 0.15) is 6.17 Å². The highest BCUT2D eigenvalue weighted by atomic mass is 19.1. The van der Waals surface area contributed by atoms with Crippen LogP contribution >= 0.6 is 0 Å². The summed E-state index contributed by atoms with van der Waals surface area (Å²) in [7, 11) is 2.04. The number of benzene rings is 1. The molecule has 0 radical (unpaired) electrons. The first kappa shape index (κ1) is 20.3. The first-order valence-corrected chi connectivity index (χ1v) is 10.4. The summed E-state index contributed by atoms with van der Waals surface area (Å²) in [6.07, 6.45) is 8.30. The summed E-state index contributed by atoms with van der Waals surface area (Å²) in [5, 5.41) is 0. The Morgan fingerprint density at radius 3 is 2.33 bits per heavy atom. The predicted octanol–water partition coefficient (Wildman–Crippen LogP) is 5.49. The van der Waals surface area contributed by atoms with Crippen molar-refractivity contribution < 1.29 is 4.39 Å². The van der Waals surface area contributed by atoms with Gasteiger partial charge in [-0.25, -0.2) is 14.4 Å². The van der Waals surface area contributed by atoms with Crippen molar-refractivity contribution in [2.24, 2.45) is 13.0 Å². The van der Waals surface area contributed by atoms with E-state index in [1.807, 2.05) is 20.0 Å². The molecule has 156 valence electrons. The maximum Gasteiger partial charge on any atom is 0.219 e. The van der Waals surface area contributed by atoms with Gasteiger partial charge in [0.15, 0.2) is 0 Å². The van der Waals surface area contributed by atoms with E-state index >= 15 is 0 Å². The number of fused-ring (bicyclic) bond motifs is 1. The van der Waals surface area contributed by atoms with Crippen LogP contribution in [0.4, 0.5) is 10.3 Å². The summed E-state index contributed by atoms with van der Waals surface area (Å²) in [5.74, 6) is 0.433. The highest BCUT2D eigenvalue weighted by molar-refractivity contribution is 5.65. The zero-order valence-electron chi connectivity index (χ0n) is 18.2. The molecule has 0 saturated carbocycles. The van der Waals surface area contributed by atoms with E-state index in [0.717, 1.165) is 22.4 Å². The first-order valence-electron chi connectivity index (χ1n) is 10.4. The van der Waals surface area contributed by atoms with Crippen LogP contribution in [0.1, 0.15) is 56.0 Å². The van der Waals surface area contributed by atoms with Gasteiger partial charge in [-0.3, -0.25) is 0 Å². The molecule has 1 aliphatic rings. The first-order chi connectivity index (χ1) is 14.2. The second-order valence-electron chi connectivity index (χ2n) is 8.81. The fourth-order valence-corrected chi connectivity index (χ4v) is 4.57. The van der Waals surface area contributed by atoms with Gasteiger partial charge in [0.05, 0.1) is 0 Å². The van der Waals surface area contributed by atoms with Crippen molar-refractivity contribution in [3.8, 4) is 11.1 Å². The number of anilines is 1. The summed E-state index contributed by atoms with van der Waals surface area (Å²) in [6.45, 7) is 8.73. The average Bonchev–Trinajstić information content (AvgIpc) is 3.08. The van der Waals surface area contributed by atoms with Crippen molar-refractivity contribution in [2.45, 2.75) is 45.2 Å². The summed E-state index contributed by atoms with van der Waals surface area (Å²) in [5.41, 5.74) is 12.0. The smallest absolute Gasteiger partial charge is 0.219 e. The third-order valence-electron chi connectivity index (χ3n) is 6.84. The van der Waals surface area contributed by atoms with E-state index in [4.69, 9.17) is 5.73 Å². The molecule has 0 amide bonds. The average molecular weight is 405 g/mol. The van der Waals surface area contributed by atoms with Crippen molar-refractivity contribution in [2.75, 3.05) is 5.73 Å². The molecule has 4 nitrogen and oxygen atoms in total. The topological polar surface area (TPSA) is 56.7 Å². The van der Waals surface area contributed by atoms with Crippen LogP contribution in [0.3, 0.4) is 0 Å². The molecular weight excluding hydrogens is 375 g/mol. The van der Waals surface area contributed by atoms with Crippen LogP contribution in [0.25, 0.3) is 17.2 Å². The Bertz CT molecular complexity index is 1080. The lowest BCUT2D eigenvalue weighted by molar-refractivity contribution is 0.343. The number of alkyl halides is 1. The molecule has 3 aromatic rings. The number of nitrogens with zero attached hydrogens (tertiary/aromatic N) is 3. The summed E-state index contributed by atoms with van der Waals surface area (Å²) >= 11 is 0. The lowest BCUT2D eigenvalue weighted by atomic mass is 9.66. The van der Waals surface area contributed by atoms with Gasteiger partial charge in [0.2, 0.25) is 5.95 Å². The normalized spacial score (nSPS) is 20.2. The van der Waals surface area contributed by atoms with E-state index in [-0.39, 0.29) is 17.3 Å². The third kappa shape index (κ3) is 3.13. The van der Waals surface area contributed by atoms with Crippen molar-refractivity contribution in [1.82, 2.24) is 14.5 Å². The minimum Gasteiger partial charge on any atom is -0.368 e. The van der Waals surface area contributed by atoms with Gasteiger partial charge in [-0.1, -0.05) is 52.0 Å². The molecule has 3 atom stereocenters. The van der Waals surface area contributed by atoms with E-state index in [9.17, 15) is 4.39 Å². The number of hydrogen-bond donors (Lipinski definition) is 1. The third-order valence-corrected chi connectivity index (χ3v) is 6.84. The van der Waals surface area contributed by atoms with Crippen molar-refractivity contribution in [1.29, 1.82) is 0 Å². The predicted molar refractivity (Wildman–Crippen MR) is 121 cm³/mol. The largest absolute Gasteiger partial charge is 0.368 e. The van der Waals surface area contributed by atoms with Crippen LogP contribution in [0.5, 0.6) is 0 Å². The SMILES string of the molecule is CC1c2c(C(C)(c3ccc(-c4cnc(N)nc4)cc3)C(C)C)cn(C)c2C=CC1F. The molecule has 2 heterocycles. The molecule has 0 aliphatic heterocycles. The maximum atomic E-state index is 14.6. The van der Waals surface area contributed by atoms with E-state index in [0.29, 0.717) is 5.92 Å². The number of halogens is 1. The molecule has 2 aromatic heterocycles. The zero-order valence-corrected chi connectivity index (χ0v) is 18.2. The van der Waals surface area contributed by atoms with E-state index in [1.165, 1.54) is 11.1 Å². The van der Waals surface area contributed by atoms with Crippen LogP contribution in [0.15, 0.2) is 48.9 Å². The van der Waals surface area contributed by atoms with Crippen LogP contribution in [0.2, 0.25) is 0 Å². The molecule has 3 unspecified atom stereocenters. The van der Waals surface area contributed by atoms with E-state index < -0.39 is 6.17 Å². The molecule has 0 spiro atoms. The fraction of sp³-hybridized carbons (Fsp3) is 0.360. The second-order valence-corrected chi connectivity index (χ2v) is 8.81. The Hall–Kier alpha value is -2.95. The Kier molecular flexibility index (Phi) is 5.00. The Labute approximate surface area is 177 Å². The van der Waals surface area contributed by atoms with Crippen LogP contribution in [0, 0.1) is 5.92 Å². The molecular formula is C25H29FN4. The summed E-state index contributed by atoms with van der Waals surface area (Å²) in [4.78, 5) is 8.18. The molecule has 0 saturated heterocycles. The Balaban J connectivity index is 1.82. The van der Waals surface area contributed by atoms with Crippen molar-refractivity contribution in [3.05, 3.63) is 71.3 Å². The maximum absolute atomic E-state index is 14.6. The van der Waals surface area contributed by atoms with Crippen LogP contribution < -0.4 is 5.73 Å². The van der Waals surface area contributed by atoms with E-state index in [2.05, 4.69) is 65.8 Å². The summed E-state index contributed by atoms with van der Waals surface area (Å²) in [6, 6.07) is 8.53. The van der Waals surface area contributed by atoms with E-state index in [1.54, 1.807) is 18.5 Å². The highest BCUT2D eigenvalue weighted by Gasteiger charge is 2.39. The number of nitrogens with two attached hydrogens (primary N) is 1. The lowest BCUT2D eigenvalue weighted by Gasteiger charge is -2.37. The number of aromatic nitrogens is 3. The molecule has 1 aliphatic carbocycles. The summed E-state index contributed by atoms with van der Waals surface area (Å²) < 4.78 is 16.7. The Morgan fingerprint density at radius 2 is 1.73 bits per heavy atom. The standard InChI is InChI=1S/C25H29FN4/c1-15(2)25(4,20-14-30(5)22-11-10-21(26)16(3)23(20)22)19-8-6-17(7-9-19)18-12-28-24(27)29-13-18/h6-16,21H,1-5H3,(H2,27,28,29). The lowest BCUT2D eigenvalue weighted by Crippen LogP contribution is -2.32. The minimum atomic E-state index is -0.956. The minimum absolute atomic E-state index is 0.162. The second kappa shape index (κ2) is 7.38. The van der Waals surface area contributed by atoms with Gasteiger partial charge in [-0.2, -0.15) is 0 Å². The molecule has 30 heavy (non-hydrogen) atoms. The van der Waals surface area contributed by atoms with Gasteiger partial charge in [0, 0.05) is 48.2 Å². The van der Waals surface area contributed by atoms with Gasteiger partial charge >= 0.3 is 0 Å². The quantitative estimate of drug-likeness (QED) is 0.625. The molecule has 0 bridgehead atoms. The number of nitrogen functional groups attached to an aromatic ring is 1. The van der Waals surface area contributed by atoms with Crippen molar-refractivity contribution in [3.63, 3.8) is 0 Å². The monoisotopic (exact) mass is 404 g/mol. The van der Waals surface area contributed by atoms with Gasteiger partial charge in [-0.15, -0.1) is 0 Å². The number of allylic oxidation sites excluding steroid dienone is 1. The number of aryl methyl sites for hydroxylation is 1. The molecule has 4 rings (SSSR count). The van der Waals surface area contributed by atoms with Crippen LogP contribution in [-0.2, 0) is 12.5 Å². The zero-order chi connectivity index (χ0) is 21.6. The fourth-order valence-electron chi connectivity index (χ4n) is 4.57. The highest BCUT2D eigenvalue weighted by Crippen LogP contribution is 2.46. The number of hydrogen-bond acceptors (Lipinski definition) is 3. The molecule has 1 aromatic carbocycles. The Morgan fingerprint density at radius 1 is 1.10 bits per heavy atom. The van der Waals surface area contributed by atoms with Crippen LogP contribution in [-0.4, -0.2) is 20.7 Å². The van der Waals surface area contributed by atoms with Crippen molar-refractivity contribution >= 4 is 12.0 Å². The molecule has 2 N–H and O–H groups in total. The van der Waals surface area contributed by atoms with Gasteiger partial charge < -0.3 is 10.3 Å². The number of rotatable bonds is 4. The molecule has 0 fully saturated rings.